The summed E-state index contributed by atoms with van der Waals surface area (Å²) in [6.45, 7) is 0. The average molecular weight is 238 g/mol. The molecule has 0 saturated heterocycles. The molecule has 2 rings (SSSR count). The lowest BCUT2D eigenvalue weighted by Gasteiger charge is -2.37. The molecule has 1 aliphatic rings. The molecule has 2 nitrogen and oxygen atoms in total. The highest BCUT2D eigenvalue weighted by molar-refractivity contribution is 6.67. The minimum atomic E-state index is -1.22. The van der Waals surface area contributed by atoms with Gasteiger partial charge in [-0.1, -0.05) is 17.3 Å². The van der Waals surface area contributed by atoms with Crippen molar-refractivity contribution in [2.45, 2.75) is 31.2 Å². The van der Waals surface area contributed by atoms with Crippen molar-refractivity contribution in [3.05, 3.63) is 5.56 Å². The Morgan fingerprint density at radius 1 is 0.842 bits per heavy atom. The highest BCUT2D eigenvalue weighted by Crippen LogP contribution is 2.29. The first-order valence-electron chi connectivity index (χ1n) is 6.14. The molecule has 1 aromatic carbocycles. The van der Waals surface area contributed by atoms with E-state index in [1.807, 2.05) is 0 Å². The van der Waals surface area contributed by atoms with Crippen LogP contribution < -0.4 is 33.0 Å². The van der Waals surface area contributed by atoms with Crippen molar-refractivity contribution in [1.29, 1.82) is 0 Å². The Hall–Kier alpha value is -0.825. The van der Waals surface area contributed by atoms with Crippen LogP contribution in [-0.2, 0) is 10.3 Å². The van der Waals surface area contributed by atoms with Crippen LogP contribution in [0.25, 0.3) is 0 Å². The summed E-state index contributed by atoms with van der Waals surface area (Å²) in [7, 11) is 29.3. The zero-order valence-corrected chi connectivity index (χ0v) is 10.7. The SMILES string of the molecule is [B]c1c([B])c([B])c(C2(N)CCCCC2=O)c([B])c1[B]. The van der Waals surface area contributed by atoms with Gasteiger partial charge in [0.25, 0.3) is 0 Å². The second kappa shape index (κ2) is 4.93. The first kappa shape index (κ1) is 14.6. The first-order valence-corrected chi connectivity index (χ1v) is 6.14. The van der Waals surface area contributed by atoms with Crippen LogP contribution in [0.2, 0.25) is 0 Å². The van der Waals surface area contributed by atoms with E-state index < -0.39 is 5.54 Å². The summed E-state index contributed by atoms with van der Waals surface area (Å²) in [5, 5.41) is 0. The number of benzene rings is 1. The lowest BCUT2D eigenvalue weighted by atomic mass is 9.56. The molecule has 1 atom stereocenters. The van der Waals surface area contributed by atoms with Gasteiger partial charge in [0.1, 0.15) is 39.2 Å². The fourth-order valence-electron chi connectivity index (χ4n) is 2.65. The highest BCUT2D eigenvalue weighted by atomic mass is 16.1. The average Bonchev–Trinajstić information content (AvgIpc) is 2.38. The van der Waals surface area contributed by atoms with E-state index in [9.17, 15) is 4.79 Å². The molecule has 1 fully saturated rings. The minimum Gasteiger partial charge on any atom is -0.315 e. The maximum atomic E-state index is 12.2. The second-order valence-corrected chi connectivity index (χ2v) is 5.05. The monoisotopic (exact) mass is 239 g/mol. The van der Waals surface area contributed by atoms with Crippen LogP contribution in [0.15, 0.2) is 0 Å². The summed E-state index contributed by atoms with van der Waals surface area (Å²) < 4.78 is 0. The highest BCUT2D eigenvalue weighted by Gasteiger charge is 2.39. The fourth-order valence-corrected chi connectivity index (χ4v) is 2.65. The molecular weight excluding hydrogens is 228 g/mol. The Morgan fingerprint density at radius 2 is 1.32 bits per heavy atom. The molecule has 0 spiro atoms. The van der Waals surface area contributed by atoms with Crippen molar-refractivity contribution in [2.24, 2.45) is 5.73 Å². The van der Waals surface area contributed by atoms with Gasteiger partial charge in [-0.15, -0.1) is 16.4 Å². The third-order valence-corrected chi connectivity index (χ3v) is 3.87. The van der Waals surface area contributed by atoms with Crippen LogP contribution >= 0.6 is 0 Å². The van der Waals surface area contributed by atoms with Crippen LogP contribution in [0, 0.1) is 0 Å². The Balaban J connectivity index is 2.72. The summed E-state index contributed by atoms with van der Waals surface area (Å²) in [4.78, 5) is 12.2. The second-order valence-electron chi connectivity index (χ2n) is 5.05. The van der Waals surface area contributed by atoms with Crippen LogP contribution in [0.1, 0.15) is 31.2 Å². The topological polar surface area (TPSA) is 43.1 Å². The molecular formula is C12H10B5NO. The normalized spacial score (nSPS) is 23.5. The molecule has 0 amide bonds. The van der Waals surface area contributed by atoms with Crippen molar-refractivity contribution in [1.82, 2.24) is 0 Å². The predicted molar refractivity (Wildman–Crippen MR) is 82.7 cm³/mol. The zero-order chi connectivity index (χ0) is 14.4. The van der Waals surface area contributed by atoms with Crippen LogP contribution in [-0.4, -0.2) is 45.0 Å². The molecule has 84 valence electrons. The maximum absolute atomic E-state index is 12.2. The van der Waals surface area contributed by atoms with E-state index in [0.717, 1.165) is 12.8 Å². The molecule has 0 aromatic heterocycles. The number of hydrogen-bond donors (Lipinski definition) is 1. The molecule has 10 radical (unpaired) electrons. The Morgan fingerprint density at radius 3 is 1.79 bits per heavy atom. The molecule has 1 unspecified atom stereocenters. The van der Waals surface area contributed by atoms with E-state index in [2.05, 4.69) is 0 Å². The van der Waals surface area contributed by atoms with Gasteiger partial charge in [0.15, 0.2) is 5.78 Å². The van der Waals surface area contributed by atoms with Gasteiger partial charge < -0.3 is 5.73 Å². The summed E-state index contributed by atoms with van der Waals surface area (Å²) in [5.74, 6) is -0.0966. The number of Topliss-reactive ketones (excluding diaryl/α,β-unsaturated/α-hetero) is 1. The maximum Gasteiger partial charge on any atom is 0.157 e. The Kier molecular flexibility index (Phi) is 3.79. The van der Waals surface area contributed by atoms with Crippen LogP contribution in [0.3, 0.4) is 0 Å². The molecule has 0 aliphatic heterocycles. The van der Waals surface area contributed by atoms with Crippen LogP contribution in [0.5, 0.6) is 0 Å². The van der Waals surface area contributed by atoms with Crippen molar-refractivity contribution in [3.8, 4) is 0 Å². The number of nitrogens with two attached hydrogens (primary N) is 1. The lowest BCUT2D eigenvalue weighted by molar-refractivity contribution is -0.126. The van der Waals surface area contributed by atoms with E-state index in [4.69, 9.17) is 45.0 Å². The number of hydrogen-bond acceptors (Lipinski definition) is 2. The van der Waals surface area contributed by atoms with Crippen molar-refractivity contribution in [2.75, 3.05) is 0 Å². The van der Waals surface area contributed by atoms with Gasteiger partial charge in [-0.2, -0.15) is 0 Å². The first-order chi connectivity index (χ1) is 8.80. The summed E-state index contributed by atoms with van der Waals surface area (Å²) >= 11 is 0. The summed E-state index contributed by atoms with van der Waals surface area (Å²) in [6.07, 6.45) is 2.52. The zero-order valence-electron chi connectivity index (χ0n) is 10.7. The minimum absolute atomic E-state index is 0.0966. The molecule has 2 N–H and O–H groups in total. The van der Waals surface area contributed by atoms with Gasteiger partial charge in [0.2, 0.25) is 0 Å². The Labute approximate surface area is 120 Å². The molecule has 1 saturated carbocycles. The third kappa shape index (κ3) is 2.12. The molecule has 0 bridgehead atoms. The smallest absolute Gasteiger partial charge is 0.157 e. The van der Waals surface area contributed by atoms with E-state index in [1.165, 1.54) is 0 Å². The van der Waals surface area contributed by atoms with Crippen molar-refractivity contribution >= 4 is 72.3 Å². The van der Waals surface area contributed by atoms with Gasteiger partial charge in [-0.25, -0.2) is 0 Å². The van der Waals surface area contributed by atoms with Gasteiger partial charge in [0.05, 0.1) is 5.54 Å². The Bertz CT molecular complexity index is 531. The number of carbonyl (C=O) groups is 1. The standard InChI is InChI=1S/C12H10B5NO/c13-7-6(8(14)10(16)11(17)9(7)15)12(18)4-2-1-3-5(12)19/h1-4,18H2. The van der Waals surface area contributed by atoms with E-state index in [-0.39, 0.29) is 33.1 Å². The number of carbonyl (C=O) groups excluding carboxylic acids is 1. The molecule has 0 heterocycles. The predicted octanol–water partition coefficient (Wildman–Crippen LogP) is -4.05. The van der Waals surface area contributed by atoms with Crippen molar-refractivity contribution < 1.29 is 4.79 Å². The van der Waals surface area contributed by atoms with Gasteiger partial charge in [-0.05, 0) is 18.4 Å². The summed E-state index contributed by atoms with van der Waals surface area (Å²) in [5.41, 5.74) is 6.05. The van der Waals surface area contributed by atoms with Gasteiger partial charge in [-0.3, -0.25) is 4.79 Å². The third-order valence-electron chi connectivity index (χ3n) is 3.87. The van der Waals surface area contributed by atoms with Gasteiger partial charge in [0, 0.05) is 6.42 Å². The molecule has 1 aliphatic carbocycles. The molecule has 7 heteroatoms. The van der Waals surface area contributed by atoms with E-state index in [1.54, 1.807) is 0 Å². The molecule has 19 heavy (non-hydrogen) atoms. The fraction of sp³-hybridized carbons (Fsp3) is 0.417. The van der Waals surface area contributed by atoms with Gasteiger partial charge >= 0.3 is 0 Å². The largest absolute Gasteiger partial charge is 0.315 e. The number of ketones is 1. The number of rotatable bonds is 1. The van der Waals surface area contributed by atoms with Crippen LogP contribution in [0.4, 0.5) is 0 Å². The van der Waals surface area contributed by atoms with E-state index >= 15 is 0 Å². The van der Waals surface area contributed by atoms with Crippen molar-refractivity contribution in [3.63, 3.8) is 0 Å². The summed E-state index contributed by atoms with van der Waals surface area (Å²) in [6, 6.07) is 0. The lowest BCUT2D eigenvalue weighted by Crippen LogP contribution is -2.63. The molecule has 1 aromatic rings. The quantitative estimate of drug-likeness (QED) is 0.506. The van der Waals surface area contributed by atoms with E-state index in [0.29, 0.717) is 18.4 Å².